The Morgan fingerprint density at radius 3 is 2.21 bits per heavy atom. The van der Waals surface area contributed by atoms with Gasteiger partial charge in [0, 0.05) is 6.42 Å². The standard InChI is InChI=1S/C54H88O7/c1-8-9-10-11-12-13-14-15-16-17-18-19-20-21-22-23-24-25-48(55)59-37-47-49(56)50(57)51(58)52(61-47)60-42-32-34-53(6)41(36-42)28-29-43-45-31-30-44(54(45,7)35-33-46(43)53)40(5)27-26-39(4)38(2)3/h9-10,12-13,15-16,26-28,38-40,42-47,49-52,56-58H,8,11,14,17-25,29-37H2,1-7H3/b10-9-,13-12-,16-15-,27-26+. The SMILES string of the molecule is CC/C=C\C/C=C\C/C=C\CCCCCCCCCC(=O)OCC1OC(OC2CCC3(C)C(=CCC4C3CCC3(C)C(C(C)/C=C/C(C)C(C)C)CCC43)C2)C(O)C(O)C1O. The number of rotatable bonds is 23. The highest BCUT2D eigenvalue weighted by atomic mass is 16.7. The maximum Gasteiger partial charge on any atom is 0.305 e. The average molecular weight is 849 g/mol. The molecule has 0 radical (unpaired) electrons. The first-order chi connectivity index (χ1) is 29.3. The minimum absolute atomic E-state index is 0.153. The first-order valence-corrected chi connectivity index (χ1v) is 25.1. The quantitative estimate of drug-likeness (QED) is 0.0534. The van der Waals surface area contributed by atoms with Gasteiger partial charge in [0.2, 0.25) is 0 Å². The van der Waals surface area contributed by atoms with E-state index < -0.39 is 30.7 Å². The summed E-state index contributed by atoms with van der Waals surface area (Å²) in [6.45, 7) is 16.6. The van der Waals surface area contributed by atoms with Crippen molar-refractivity contribution in [3.8, 4) is 0 Å². The number of ether oxygens (including phenoxy) is 3. The lowest BCUT2D eigenvalue weighted by Crippen LogP contribution is -2.60. The molecule has 1 saturated heterocycles. The Bertz CT molecular complexity index is 1480. The van der Waals surface area contributed by atoms with E-state index in [1.807, 2.05) is 0 Å². The lowest BCUT2D eigenvalue weighted by Gasteiger charge is -2.58. The van der Waals surface area contributed by atoms with E-state index >= 15 is 0 Å². The summed E-state index contributed by atoms with van der Waals surface area (Å²) in [4.78, 5) is 12.6. The molecule has 0 amide bonds. The zero-order valence-corrected chi connectivity index (χ0v) is 39.5. The molecule has 7 heteroatoms. The van der Waals surface area contributed by atoms with E-state index in [1.165, 1.54) is 56.9 Å². The van der Waals surface area contributed by atoms with E-state index in [2.05, 4.69) is 103 Å². The molecular weight excluding hydrogens is 761 g/mol. The van der Waals surface area contributed by atoms with Crippen LogP contribution in [-0.2, 0) is 19.0 Å². The number of unbranched alkanes of at least 4 members (excludes halogenated alkanes) is 7. The third-order valence-corrected chi connectivity index (χ3v) is 16.5. The van der Waals surface area contributed by atoms with Gasteiger partial charge in [-0.15, -0.1) is 0 Å². The number of fused-ring (bicyclic) bond motifs is 5. The van der Waals surface area contributed by atoms with Crippen LogP contribution >= 0.6 is 0 Å². The zero-order chi connectivity index (χ0) is 44.0. The van der Waals surface area contributed by atoms with Crippen LogP contribution in [0.25, 0.3) is 0 Å². The van der Waals surface area contributed by atoms with Gasteiger partial charge >= 0.3 is 5.97 Å². The number of aliphatic hydroxyl groups is 3. The average Bonchev–Trinajstić information content (AvgIpc) is 3.60. The van der Waals surface area contributed by atoms with E-state index in [9.17, 15) is 20.1 Å². The topological polar surface area (TPSA) is 105 Å². The normalized spacial score (nSPS) is 36.4. The molecule has 0 spiro atoms. The largest absolute Gasteiger partial charge is 0.463 e. The van der Waals surface area contributed by atoms with Gasteiger partial charge in [-0.2, -0.15) is 0 Å². The summed E-state index contributed by atoms with van der Waals surface area (Å²) in [5.41, 5.74) is 2.04. The van der Waals surface area contributed by atoms with Crippen LogP contribution in [0.3, 0.4) is 0 Å². The van der Waals surface area contributed by atoms with E-state index in [0.29, 0.717) is 35.5 Å². The smallest absolute Gasteiger partial charge is 0.305 e. The van der Waals surface area contributed by atoms with Crippen LogP contribution in [0.15, 0.2) is 60.3 Å². The number of hydrogen-bond acceptors (Lipinski definition) is 7. The lowest BCUT2D eigenvalue weighted by atomic mass is 9.47. The van der Waals surface area contributed by atoms with E-state index in [1.54, 1.807) is 0 Å². The van der Waals surface area contributed by atoms with Crippen molar-refractivity contribution in [2.24, 2.45) is 52.3 Å². The molecule has 5 aliphatic rings. The fraction of sp³-hybridized carbons (Fsp3) is 0.796. The molecule has 0 aromatic rings. The minimum Gasteiger partial charge on any atom is -0.463 e. The summed E-state index contributed by atoms with van der Waals surface area (Å²) in [7, 11) is 0. The van der Waals surface area contributed by atoms with Gasteiger partial charge in [0.25, 0.3) is 0 Å². The van der Waals surface area contributed by atoms with Crippen molar-refractivity contribution < 1.29 is 34.3 Å². The first-order valence-electron chi connectivity index (χ1n) is 25.1. The van der Waals surface area contributed by atoms with Gasteiger partial charge in [-0.1, -0.05) is 141 Å². The highest BCUT2D eigenvalue weighted by molar-refractivity contribution is 5.69. The molecule has 0 aromatic heterocycles. The molecule has 0 bridgehead atoms. The molecule has 61 heavy (non-hydrogen) atoms. The Kier molecular flexibility index (Phi) is 19.9. The van der Waals surface area contributed by atoms with Gasteiger partial charge in [-0.25, -0.2) is 0 Å². The summed E-state index contributed by atoms with van der Waals surface area (Å²) in [6, 6.07) is 0. The number of esters is 1. The predicted molar refractivity (Wildman–Crippen MR) is 249 cm³/mol. The van der Waals surface area contributed by atoms with Crippen molar-refractivity contribution >= 4 is 5.97 Å². The van der Waals surface area contributed by atoms with Gasteiger partial charge < -0.3 is 29.5 Å². The molecule has 4 fully saturated rings. The number of allylic oxidation sites excluding steroid dienone is 9. The Hall–Kier alpha value is -2.03. The molecule has 7 nitrogen and oxygen atoms in total. The highest BCUT2D eigenvalue weighted by Crippen LogP contribution is 2.67. The van der Waals surface area contributed by atoms with Crippen LogP contribution in [-0.4, -0.2) is 64.7 Å². The Morgan fingerprint density at radius 2 is 1.49 bits per heavy atom. The minimum atomic E-state index is -1.45. The van der Waals surface area contributed by atoms with Crippen LogP contribution in [0.1, 0.15) is 177 Å². The third kappa shape index (κ3) is 13.3. The van der Waals surface area contributed by atoms with Crippen LogP contribution in [0.2, 0.25) is 0 Å². The Labute approximate surface area is 371 Å². The summed E-state index contributed by atoms with van der Waals surface area (Å²) in [5, 5.41) is 32.5. The summed E-state index contributed by atoms with van der Waals surface area (Å²) in [6.07, 6.45) is 35.9. The van der Waals surface area contributed by atoms with Crippen LogP contribution in [0.4, 0.5) is 0 Å². The van der Waals surface area contributed by atoms with Gasteiger partial charge in [0.1, 0.15) is 31.0 Å². The number of carbonyl (C=O) groups is 1. The summed E-state index contributed by atoms with van der Waals surface area (Å²) < 4.78 is 18.0. The molecule has 5 rings (SSSR count). The van der Waals surface area contributed by atoms with Crippen molar-refractivity contribution in [1.29, 1.82) is 0 Å². The van der Waals surface area contributed by atoms with Gasteiger partial charge in [-0.05, 0) is 142 Å². The van der Waals surface area contributed by atoms with E-state index in [-0.39, 0.29) is 24.1 Å². The first kappa shape index (κ1) is 50.0. The lowest BCUT2D eigenvalue weighted by molar-refractivity contribution is -0.313. The number of aliphatic hydroxyl groups excluding tert-OH is 3. The van der Waals surface area contributed by atoms with E-state index in [4.69, 9.17) is 14.2 Å². The molecular formula is C54H88O7. The van der Waals surface area contributed by atoms with Gasteiger partial charge in [0.05, 0.1) is 6.10 Å². The fourth-order valence-electron chi connectivity index (χ4n) is 12.2. The highest BCUT2D eigenvalue weighted by Gasteiger charge is 2.59. The molecule has 3 saturated carbocycles. The van der Waals surface area contributed by atoms with Crippen molar-refractivity contribution in [2.45, 2.75) is 214 Å². The third-order valence-electron chi connectivity index (χ3n) is 16.5. The van der Waals surface area contributed by atoms with E-state index in [0.717, 1.165) is 88.4 Å². The van der Waals surface area contributed by atoms with Crippen molar-refractivity contribution in [1.82, 2.24) is 0 Å². The molecule has 0 aromatic carbocycles. The molecule has 14 unspecified atom stereocenters. The molecule has 1 heterocycles. The monoisotopic (exact) mass is 849 g/mol. The summed E-state index contributed by atoms with van der Waals surface area (Å²) in [5.74, 6) is 4.52. The second kappa shape index (κ2) is 24.3. The Balaban J connectivity index is 1.00. The second-order valence-electron chi connectivity index (χ2n) is 20.8. The predicted octanol–water partition coefficient (Wildman–Crippen LogP) is 12.2. The molecule has 1 aliphatic heterocycles. The van der Waals surface area contributed by atoms with Crippen molar-refractivity contribution in [3.05, 3.63) is 60.3 Å². The number of hydrogen-bond donors (Lipinski definition) is 3. The fourth-order valence-corrected chi connectivity index (χ4v) is 12.2. The molecule has 3 N–H and O–H groups in total. The second-order valence-corrected chi connectivity index (χ2v) is 20.8. The van der Waals surface area contributed by atoms with Crippen molar-refractivity contribution in [3.63, 3.8) is 0 Å². The molecule has 346 valence electrons. The van der Waals surface area contributed by atoms with Crippen LogP contribution in [0.5, 0.6) is 0 Å². The maximum absolute atomic E-state index is 12.6. The number of carbonyl (C=O) groups excluding carboxylic acids is 1. The molecule has 4 aliphatic carbocycles. The van der Waals surface area contributed by atoms with Crippen LogP contribution < -0.4 is 0 Å². The summed E-state index contributed by atoms with van der Waals surface area (Å²) >= 11 is 0. The van der Waals surface area contributed by atoms with Gasteiger partial charge in [0.15, 0.2) is 6.29 Å². The van der Waals surface area contributed by atoms with Crippen LogP contribution in [0, 0.1) is 52.3 Å². The van der Waals surface area contributed by atoms with Crippen molar-refractivity contribution in [2.75, 3.05) is 6.61 Å². The van der Waals surface area contributed by atoms with Gasteiger partial charge in [-0.3, -0.25) is 4.79 Å². The maximum atomic E-state index is 12.6. The Morgan fingerprint density at radius 1 is 0.803 bits per heavy atom. The zero-order valence-electron chi connectivity index (χ0n) is 39.5. The molecule has 14 atom stereocenters.